The van der Waals surface area contributed by atoms with Crippen molar-refractivity contribution in [2.75, 3.05) is 51.3 Å². The number of halogens is 1. The zero-order valence-corrected chi connectivity index (χ0v) is 15.8. The van der Waals surface area contributed by atoms with Crippen molar-refractivity contribution in [2.45, 2.75) is 18.9 Å². The van der Waals surface area contributed by atoms with Gasteiger partial charge < -0.3 is 20.2 Å². The Hall–Kier alpha value is -0.220. The number of guanidine groups is 1. The average Bonchev–Trinajstić information content (AvgIpc) is 2.87. The van der Waals surface area contributed by atoms with Crippen molar-refractivity contribution in [3.8, 4) is 0 Å². The van der Waals surface area contributed by atoms with Crippen molar-refractivity contribution >= 4 is 47.6 Å². The topological polar surface area (TPSA) is 68.2 Å². The number of carbonyl (C=O) groups is 1. The maximum atomic E-state index is 11.3. The first-order chi connectivity index (χ1) is 9.54. The minimum absolute atomic E-state index is 0. The van der Waals surface area contributed by atoms with Crippen molar-refractivity contribution in [1.82, 2.24) is 15.1 Å². The molecule has 0 aliphatic carbocycles. The Morgan fingerprint density at radius 1 is 1.33 bits per heavy atom. The number of amides is 1. The fourth-order valence-corrected chi connectivity index (χ4v) is 3.84. The molecule has 0 aromatic carbocycles. The van der Waals surface area contributed by atoms with Crippen molar-refractivity contribution < 1.29 is 9.90 Å². The zero-order valence-electron chi connectivity index (χ0n) is 12.7. The second-order valence-electron chi connectivity index (χ2n) is 5.42. The van der Waals surface area contributed by atoms with Gasteiger partial charge in [-0.1, -0.05) is 0 Å². The molecule has 0 radical (unpaired) electrons. The van der Waals surface area contributed by atoms with Crippen LogP contribution in [0.2, 0.25) is 0 Å². The fourth-order valence-electron chi connectivity index (χ4n) is 2.54. The highest BCUT2D eigenvalue weighted by Crippen LogP contribution is 2.26. The van der Waals surface area contributed by atoms with E-state index in [9.17, 15) is 9.90 Å². The molecule has 2 heterocycles. The van der Waals surface area contributed by atoms with Crippen LogP contribution >= 0.6 is 35.7 Å². The van der Waals surface area contributed by atoms with E-state index in [2.05, 4.69) is 15.2 Å². The van der Waals surface area contributed by atoms with Crippen molar-refractivity contribution in [3.63, 3.8) is 0 Å². The molecule has 0 spiro atoms. The van der Waals surface area contributed by atoms with Crippen LogP contribution in [-0.2, 0) is 4.79 Å². The van der Waals surface area contributed by atoms with E-state index in [0.717, 1.165) is 50.1 Å². The van der Waals surface area contributed by atoms with Gasteiger partial charge in [0.1, 0.15) is 0 Å². The zero-order chi connectivity index (χ0) is 14.6. The first-order valence-corrected chi connectivity index (χ1v) is 8.21. The minimum atomic E-state index is -0.609. The predicted molar refractivity (Wildman–Crippen MR) is 97.5 cm³/mol. The van der Waals surface area contributed by atoms with Crippen LogP contribution < -0.4 is 5.32 Å². The highest BCUT2D eigenvalue weighted by molar-refractivity contribution is 14.0. The molecule has 21 heavy (non-hydrogen) atoms. The summed E-state index contributed by atoms with van der Waals surface area (Å²) in [5.74, 6) is 2.76. The Morgan fingerprint density at radius 3 is 2.43 bits per heavy atom. The molecule has 6 nitrogen and oxygen atoms in total. The summed E-state index contributed by atoms with van der Waals surface area (Å²) < 4.78 is 0. The number of piperazine rings is 1. The van der Waals surface area contributed by atoms with Gasteiger partial charge in [0.15, 0.2) is 5.96 Å². The number of hydrogen-bond donors (Lipinski definition) is 2. The molecule has 2 aliphatic rings. The Labute approximate surface area is 147 Å². The highest BCUT2D eigenvalue weighted by Gasteiger charge is 2.32. The molecule has 2 aliphatic heterocycles. The van der Waals surface area contributed by atoms with E-state index in [-0.39, 0.29) is 29.9 Å². The van der Waals surface area contributed by atoms with Crippen LogP contribution in [0, 0.1) is 0 Å². The second-order valence-corrected chi connectivity index (χ2v) is 6.53. The molecule has 2 saturated heterocycles. The summed E-state index contributed by atoms with van der Waals surface area (Å²) in [6.45, 7) is 5.18. The normalized spacial score (nSPS) is 26.5. The quantitative estimate of drug-likeness (QED) is 0.374. The van der Waals surface area contributed by atoms with Gasteiger partial charge >= 0.3 is 0 Å². The molecular formula is C13H25IN4O2S. The lowest BCUT2D eigenvalue weighted by molar-refractivity contribution is -0.130. The third kappa shape index (κ3) is 5.17. The van der Waals surface area contributed by atoms with Crippen LogP contribution in [-0.4, -0.2) is 83.7 Å². The Morgan fingerprint density at radius 2 is 1.95 bits per heavy atom. The van der Waals surface area contributed by atoms with Gasteiger partial charge in [-0.3, -0.25) is 9.79 Å². The fraction of sp³-hybridized carbons (Fsp3) is 0.846. The molecule has 1 unspecified atom stereocenters. The molecule has 2 rings (SSSR count). The van der Waals surface area contributed by atoms with Gasteiger partial charge in [0.2, 0.25) is 5.91 Å². The summed E-state index contributed by atoms with van der Waals surface area (Å²) in [5, 5.41) is 13.6. The van der Waals surface area contributed by atoms with Crippen LogP contribution in [0.1, 0.15) is 13.3 Å². The first-order valence-electron chi connectivity index (χ1n) is 7.05. The number of aliphatic imine (C=N–C) groups is 1. The van der Waals surface area contributed by atoms with Gasteiger partial charge in [-0.25, -0.2) is 0 Å². The van der Waals surface area contributed by atoms with E-state index in [0.29, 0.717) is 6.54 Å². The van der Waals surface area contributed by atoms with Gasteiger partial charge in [0.05, 0.1) is 5.60 Å². The van der Waals surface area contributed by atoms with E-state index < -0.39 is 5.60 Å². The van der Waals surface area contributed by atoms with Gasteiger partial charge in [0.25, 0.3) is 0 Å². The maximum absolute atomic E-state index is 11.3. The lowest BCUT2D eigenvalue weighted by Gasteiger charge is -2.36. The van der Waals surface area contributed by atoms with Crippen LogP contribution in [0.25, 0.3) is 0 Å². The Kier molecular flexibility index (Phi) is 7.55. The molecule has 8 heteroatoms. The number of aliphatic hydroxyl groups is 1. The largest absolute Gasteiger partial charge is 0.387 e. The molecule has 0 aromatic heterocycles. The van der Waals surface area contributed by atoms with Crippen LogP contribution in [0.15, 0.2) is 4.99 Å². The summed E-state index contributed by atoms with van der Waals surface area (Å²) in [7, 11) is 1.76. The third-order valence-corrected chi connectivity index (χ3v) is 5.13. The molecule has 2 fully saturated rings. The Balaban J connectivity index is 0.00000220. The average molecular weight is 428 g/mol. The molecular weight excluding hydrogens is 403 g/mol. The summed E-state index contributed by atoms with van der Waals surface area (Å²) in [6, 6.07) is 0. The lowest BCUT2D eigenvalue weighted by atomic mass is 10.0. The third-order valence-electron chi connectivity index (χ3n) is 3.89. The summed E-state index contributed by atoms with van der Waals surface area (Å²) in [6.07, 6.45) is 0.833. The number of rotatable bonds is 2. The van der Waals surface area contributed by atoms with Gasteiger partial charge in [-0.2, -0.15) is 11.8 Å². The second kappa shape index (κ2) is 8.42. The molecule has 0 saturated carbocycles. The summed E-state index contributed by atoms with van der Waals surface area (Å²) >= 11 is 1.79. The maximum Gasteiger partial charge on any atom is 0.219 e. The van der Waals surface area contributed by atoms with Gasteiger partial charge in [0, 0.05) is 52.4 Å². The molecule has 1 amide bonds. The monoisotopic (exact) mass is 428 g/mol. The number of nitrogens with zero attached hydrogens (tertiary/aromatic N) is 3. The van der Waals surface area contributed by atoms with Gasteiger partial charge in [-0.15, -0.1) is 24.0 Å². The van der Waals surface area contributed by atoms with Crippen molar-refractivity contribution in [3.05, 3.63) is 0 Å². The Bertz CT molecular complexity index is 380. The number of carbonyl (C=O) groups excluding carboxylic acids is 1. The lowest BCUT2D eigenvalue weighted by Crippen LogP contribution is -2.55. The smallest absolute Gasteiger partial charge is 0.219 e. The minimum Gasteiger partial charge on any atom is -0.387 e. The number of thioether (sulfide) groups is 1. The SMILES string of the molecule is CN=C(NCC1(O)CCSC1)N1CCN(C(C)=O)CC1.I. The summed E-state index contributed by atoms with van der Waals surface area (Å²) in [5.41, 5.74) is -0.609. The van der Waals surface area contributed by atoms with E-state index in [1.165, 1.54) is 0 Å². The molecule has 0 aromatic rings. The number of nitrogens with one attached hydrogen (secondary N) is 1. The summed E-state index contributed by atoms with van der Waals surface area (Å²) in [4.78, 5) is 19.6. The standard InChI is InChI=1S/C13H24N4O2S.HI/c1-11(18)16-4-6-17(7-5-16)12(14-2)15-9-13(19)3-8-20-10-13;/h19H,3-10H2,1-2H3,(H,14,15);1H. The van der Waals surface area contributed by atoms with Crippen LogP contribution in [0.4, 0.5) is 0 Å². The van der Waals surface area contributed by atoms with Crippen LogP contribution in [0.3, 0.4) is 0 Å². The van der Waals surface area contributed by atoms with Crippen molar-refractivity contribution in [2.24, 2.45) is 4.99 Å². The van der Waals surface area contributed by atoms with Crippen molar-refractivity contribution in [1.29, 1.82) is 0 Å². The van der Waals surface area contributed by atoms with E-state index in [4.69, 9.17) is 0 Å². The highest BCUT2D eigenvalue weighted by atomic mass is 127. The van der Waals surface area contributed by atoms with E-state index >= 15 is 0 Å². The molecule has 0 bridgehead atoms. The van der Waals surface area contributed by atoms with E-state index in [1.54, 1.807) is 25.7 Å². The molecule has 2 N–H and O–H groups in total. The van der Waals surface area contributed by atoms with Crippen LogP contribution in [0.5, 0.6) is 0 Å². The first kappa shape index (κ1) is 18.8. The molecule has 1 atom stereocenters. The number of hydrogen-bond acceptors (Lipinski definition) is 4. The van der Waals surface area contributed by atoms with Gasteiger partial charge in [-0.05, 0) is 12.2 Å². The predicted octanol–water partition coefficient (Wildman–Crippen LogP) is 0.212. The van der Waals surface area contributed by atoms with E-state index in [1.807, 2.05) is 4.90 Å². The molecule has 122 valence electrons.